The fourth-order valence-electron chi connectivity index (χ4n) is 2.92. The first-order chi connectivity index (χ1) is 8.20. The van der Waals surface area contributed by atoms with Crippen LogP contribution >= 0.6 is 0 Å². The molecule has 2 heterocycles. The molecule has 2 atom stereocenters. The van der Waals surface area contributed by atoms with Gasteiger partial charge in [-0.2, -0.15) is 0 Å². The molecule has 0 bridgehead atoms. The predicted molar refractivity (Wildman–Crippen MR) is 68.6 cm³/mol. The topological polar surface area (TPSA) is 49.6 Å². The van der Waals surface area contributed by atoms with Crippen molar-refractivity contribution in [3.8, 4) is 0 Å². The van der Waals surface area contributed by atoms with Crippen LogP contribution in [0.15, 0.2) is 0 Å². The Labute approximate surface area is 104 Å². The van der Waals surface area contributed by atoms with E-state index < -0.39 is 0 Å². The molecule has 17 heavy (non-hydrogen) atoms. The molecule has 0 saturated carbocycles. The van der Waals surface area contributed by atoms with Gasteiger partial charge in [-0.25, -0.2) is 0 Å². The van der Waals surface area contributed by atoms with Gasteiger partial charge in [-0.3, -0.25) is 4.79 Å². The van der Waals surface area contributed by atoms with E-state index in [0.29, 0.717) is 5.92 Å². The molecule has 2 saturated heterocycles. The van der Waals surface area contributed by atoms with Crippen molar-refractivity contribution in [2.45, 2.75) is 38.6 Å². The van der Waals surface area contributed by atoms with Crippen LogP contribution < -0.4 is 5.73 Å². The van der Waals surface area contributed by atoms with E-state index in [9.17, 15) is 4.79 Å². The Kier molecular flexibility index (Phi) is 4.40. The van der Waals surface area contributed by atoms with Gasteiger partial charge >= 0.3 is 0 Å². The van der Waals surface area contributed by atoms with Crippen LogP contribution in [0.2, 0.25) is 0 Å². The lowest BCUT2D eigenvalue weighted by Crippen LogP contribution is -2.42. The summed E-state index contributed by atoms with van der Waals surface area (Å²) in [6.45, 7) is 7.47. The molecule has 0 spiro atoms. The highest BCUT2D eigenvalue weighted by atomic mass is 16.2. The predicted octanol–water partition coefficient (Wildman–Crippen LogP) is 0.668. The van der Waals surface area contributed by atoms with Crippen LogP contribution in [0, 0.1) is 5.92 Å². The largest absolute Gasteiger partial charge is 0.341 e. The zero-order valence-electron chi connectivity index (χ0n) is 10.9. The highest BCUT2D eigenvalue weighted by Crippen LogP contribution is 2.20. The van der Waals surface area contributed by atoms with Gasteiger partial charge in [0.05, 0.1) is 6.04 Å². The van der Waals surface area contributed by atoms with Crippen molar-refractivity contribution in [1.29, 1.82) is 0 Å². The molecule has 1 amide bonds. The van der Waals surface area contributed by atoms with Crippen molar-refractivity contribution < 1.29 is 4.79 Å². The number of carbonyl (C=O) groups excluding carboxylic acids is 1. The lowest BCUT2D eigenvalue weighted by molar-refractivity contribution is -0.131. The molecule has 0 aromatic carbocycles. The number of rotatable bonds is 4. The van der Waals surface area contributed by atoms with E-state index in [0.717, 1.165) is 25.9 Å². The van der Waals surface area contributed by atoms with E-state index >= 15 is 0 Å². The Hall–Kier alpha value is -0.610. The number of hydrogen-bond donors (Lipinski definition) is 1. The summed E-state index contributed by atoms with van der Waals surface area (Å²) in [6, 6.07) is -0.291. The van der Waals surface area contributed by atoms with Crippen LogP contribution in [-0.2, 0) is 4.79 Å². The van der Waals surface area contributed by atoms with Crippen molar-refractivity contribution in [3.05, 3.63) is 0 Å². The van der Waals surface area contributed by atoms with Gasteiger partial charge in [-0.15, -0.1) is 0 Å². The first kappa shape index (κ1) is 12.8. The molecule has 98 valence electrons. The SMILES string of the molecule is CC[C@H](N)C(=O)N1CCC(CN2CCCC2)C1. The molecule has 2 N–H and O–H groups in total. The third-order valence-corrected chi connectivity index (χ3v) is 4.07. The van der Waals surface area contributed by atoms with Crippen molar-refractivity contribution >= 4 is 5.91 Å². The van der Waals surface area contributed by atoms with Crippen molar-refractivity contribution in [3.63, 3.8) is 0 Å². The number of nitrogens with zero attached hydrogens (tertiary/aromatic N) is 2. The van der Waals surface area contributed by atoms with Crippen molar-refractivity contribution in [2.24, 2.45) is 11.7 Å². The summed E-state index contributed by atoms with van der Waals surface area (Å²) in [7, 11) is 0. The Morgan fingerprint density at radius 2 is 2.06 bits per heavy atom. The second-order valence-electron chi connectivity index (χ2n) is 5.46. The summed E-state index contributed by atoms with van der Waals surface area (Å²) < 4.78 is 0. The van der Waals surface area contributed by atoms with E-state index in [2.05, 4.69) is 4.90 Å². The molecular weight excluding hydrogens is 214 g/mol. The minimum absolute atomic E-state index is 0.149. The number of amides is 1. The van der Waals surface area contributed by atoms with Crippen molar-refractivity contribution in [2.75, 3.05) is 32.7 Å². The van der Waals surface area contributed by atoms with Crippen LogP contribution in [-0.4, -0.2) is 54.5 Å². The standard InChI is InChI=1S/C13H25N3O/c1-2-12(14)13(17)16-8-5-11(10-16)9-15-6-3-4-7-15/h11-12H,2-10,14H2,1H3/t11?,12-/m0/s1. The summed E-state index contributed by atoms with van der Waals surface area (Å²) in [5.74, 6) is 0.817. The smallest absolute Gasteiger partial charge is 0.239 e. The lowest BCUT2D eigenvalue weighted by Gasteiger charge is -2.22. The normalized spacial score (nSPS) is 27.6. The second-order valence-corrected chi connectivity index (χ2v) is 5.46. The third-order valence-electron chi connectivity index (χ3n) is 4.07. The molecule has 2 aliphatic rings. The molecule has 2 fully saturated rings. The average Bonchev–Trinajstić information content (AvgIpc) is 2.99. The maximum Gasteiger partial charge on any atom is 0.239 e. The maximum absolute atomic E-state index is 11.9. The molecule has 0 aliphatic carbocycles. The molecule has 1 unspecified atom stereocenters. The quantitative estimate of drug-likeness (QED) is 0.784. The molecule has 2 rings (SSSR count). The minimum Gasteiger partial charge on any atom is -0.341 e. The number of carbonyl (C=O) groups is 1. The van der Waals surface area contributed by atoms with Gasteiger partial charge in [0.15, 0.2) is 0 Å². The maximum atomic E-state index is 11.9. The molecule has 0 aromatic rings. The van der Waals surface area contributed by atoms with Gasteiger partial charge in [0.25, 0.3) is 0 Å². The van der Waals surface area contributed by atoms with Gasteiger partial charge in [-0.05, 0) is 44.7 Å². The summed E-state index contributed by atoms with van der Waals surface area (Å²) in [5, 5.41) is 0. The lowest BCUT2D eigenvalue weighted by atomic mass is 10.1. The Bertz CT molecular complexity index is 263. The number of likely N-dealkylation sites (tertiary alicyclic amines) is 2. The van der Waals surface area contributed by atoms with Crippen LogP contribution in [0.4, 0.5) is 0 Å². The number of hydrogen-bond acceptors (Lipinski definition) is 3. The Morgan fingerprint density at radius 3 is 2.71 bits per heavy atom. The molecule has 4 heteroatoms. The van der Waals surface area contributed by atoms with Crippen molar-refractivity contribution in [1.82, 2.24) is 9.80 Å². The monoisotopic (exact) mass is 239 g/mol. The minimum atomic E-state index is -0.291. The van der Waals surface area contributed by atoms with E-state index in [-0.39, 0.29) is 11.9 Å². The fraction of sp³-hybridized carbons (Fsp3) is 0.923. The van der Waals surface area contributed by atoms with Gasteiger partial charge < -0.3 is 15.5 Å². The zero-order chi connectivity index (χ0) is 12.3. The first-order valence-electron chi connectivity index (χ1n) is 6.97. The molecule has 0 radical (unpaired) electrons. The average molecular weight is 239 g/mol. The first-order valence-corrected chi connectivity index (χ1v) is 6.97. The van der Waals surface area contributed by atoms with Crippen LogP contribution in [0.5, 0.6) is 0 Å². The summed E-state index contributed by atoms with van der Waals surface area (Å²) in [5.41, 5.74) is 5.80. The van der Waals surface area contributed by atoms with Crippen LogP contribution in [0.3, 0.4) is 0 Å². The molecule has 2 aliphatic heterocycles. The molecule has 4 nitrogen and oxygen atoms in total. The highest BCUT2D eigenvalue weighted by molar-refractivity contribution is 5.81. The molecular formula is C13H25N3O. The van der Waals surface area contributed by atoms with E-state index in [1.807, 2.05) is 11.8 Å². The van der Waals surface area contributed by atoms with E-state index in [1.165, 1.54) is 32.5 Å². The summed E-state index contributed by atoms with van der Waals surface area (Å²) in [6.07, 6.45) is 4.58. The fourth-order valence-corrected chi connectivity index (χ4v) is 2.92. The van der Waals surface area contributed by atoms with Gasteiger partial charge in [0.2, 0.25) is 5.91 Å². The summed E-state index contributed by atoms with van der Waals surface area (Å²) in [4.78, 5) is 16.5. The van der Waals surface area contributed by atoms with Crippen LogP contribution in [0.1, 0.15) is 32.6 Å². The van der Waals surface area contributed by atoms with Gasteiger partial charge in [0, 0.05) is 19.6 Å². The zero-order valence-corrected chi connectivity index (χ0v) is 10.9. The van der Waals surface area contributed by atoms with Crippen LogP contribution in [0.25, 0.3) is 0 Å². The highest BCUT2D eigenvalue weighted by Gasteiger charge is 2.29. The van der Waals surface area contributed by atoms with E-state index in [4.69, 9.17) is 5.73 Å². The summed E-state index contributed by atoms with van der Waals surface area (Å²) >= 11 is 0. The Balaban J connectivity index is 1.76. The van der Waals surface area contributed by atoms with E-state index in [1.54, 1.807) is 0 Å². The second kappa shape index (κ2) is 5.83. The van der Waals surface area contributed by atoms with Gasteiger partial charge in [-0.1, -0.05) is 6.92 Å². The van der Waals surface area contributed by atoms with Gasteiger partial charge in [0.1, 0.15) is 0 Å². The third kappa shape index (κ3) is 3.19. The Morgan fingerprint density at radius 1 is 1.35 bits per heavy atom. The molecule has 0 aromatic heterocycles. The number of nitrogens with two attached hydrogens (primary N) is 1.